The van der Waals surface area contributed by atoms with Crippen LogP contribution in [-0.4, -0.2) is 4.57 Å². The summed E-state index contributed by atoms with van der Waals surface area (Å²) >= 11 is 5.91. The summed E-state index contributed by atoms with van der Waals surface area (Å²) in [4.78, 5) is 0. The molecule has 1 aromatic heterocycles. The zero-order chi connectivity index (χ0) is 9.97. The van der Waals surface area contributed by atoms with Gasteiger partial charge >= 0.3 is 0 Å². The minimum Gasteiger partial charge on any atom is -0.324 e. The maximum absolute atomic E-state index is 8.70. The van der Waals surface area contributed by atoms with E-state index in [-0.39, 0.29) is 0 Å². The van der Waals surface area contributed by atoms with Crippen LogP contribution in [0.3, 0.4) is 0 Å². The molecule has 2 nitrogen and oxygen atoms in total. The maximum Gasteiger partial charge on any atom is 0.101 e. The Balaban J connectivity index is 2.49. The fraction of sp³-hybridized carbons (Fsp3) is 0. The Kier molecular flexibility index (Phi) is 2.26. The van der Waals surface area contributed by atoms with Gasteiger partial charge < -0.3 is 4.57 Å². The molecule has 0 radical (unpaired) electrons. The van der Waals surface area contributed by atoms with E-state index >= 15 is 0 Å². The molecule has 2 rings (SSSR count). The summed E-state index contributed by atoms with van der Waals surface area (Å²) in [6, 6.07) is 11.3. The zero-order valence-corrected chi connectivity index (χ0v) is 8.07. The third-order valence-electron chi connectivity index (χ3n) is 1.98. The summed E-state index contributed by atoms with van der Waals surface area (Å²) in [6.07, 6.45) is 3.86. The quantitative estimate of drug-likeness (QED) is 0.699. The monoisotopic (exact) mass is 202 g/mol. The molecule has 0 saturated carbocycles. The second-order valence-electron chi connectivity index (χ2n) is 2.87. The number of halogens is 1. The summed E-state index contributed by atoms with van der Waals surface area (Å²) in [7, 11) is 0. The molecular weight excluding hydrogens is 196 g/mol. The predicted molar refractivity (Wildman–Crippen MR) is 55.5 cm³/mol. The van der Waals surface area contributed by atoms with E-state index in [9.17, 15) is 0 Å². The number of nitrogens with zero attached hydrogens (tertiary/aromatic N) is 2. The Morgan fingerprint density at radius 2 is 1.93 bits per heavy atom. The van der Waals surface area contributed by atoms with Gasteiger partial charge in [0.15, 0.2) is 0 Å². The van der Waals surface area contributed by atoms with Crippen LogP contribution in [0.2, 0.25) is 5.02 Å². The van der Waals surface area contributed by atoms with Crippen LogP contribution in [0, 0.1) is 11.3 Å². The molecule has 0 saturated heterocycles. The molecule has 0 atom stereocenters. The number of hydrogen-bond acceptors (Lipinski definition) is 1. The Bertz CT molecular complexity index is 480. The van der Waals surface area contributed by atoms with Gasteiger partial charge in [-0.15, -0.1) is 0 Å². The number of benzene rings is 1. The largest absolute Gasteiger partial charge is 0.324 e. The van der Waals surface area contributed by atoms with Gasteiger partial charge in [-0.05, 0) is 30.3 Å². The fourth-order valence-electron chi connectivity index (χ4n) is 1.26. The van der Waals surface area contributed by atoms with Gasteiger partial charge in [-0.2, -0.15) is 5.26 Å². The van der Waals surface area contributed by atoms with Gasteiger partial charge in [0.05, 0.1) is 10.6 Å². The van der Waals surface area contributed by atoms with Gasteiger partial charge in [0, 0.05) is 18.1 Å². The Labute approximate surface area is 87.0 Å². The Hall–Kier alpha value is -1.72. The van der Waals surface area contributed by atoms with E-state index in [1.54, 1.807) is 12.1 Å². The van der Waals surface area contributed by atoms with Crippen LogP contribution in [-0.2, 0) is 0 Å². The molecule has 1 aromatic carbocycles. The predicted octanol–water partition coefficient (Wildman–Crippen LogP) is 3.00. The topological polar surface area (TPSA) is 28.7 Å². The number of hydrogen-bond donors (Lipinski definition) is 0. The lowest BCUT2D eigenvalue weighted by Crippen LogP contribution is -1.89. The molecule has 0 aliphatic carbocycles. The highest BCUT2D eigenvalue weighted by Gasteiger charge is 2.01. The van der Waals surface area contributed by atoms with E-state index in [4.69, 9.17) is 16.9 Å². The van der Waals surface area contributed by atoms with Gasteiger partial charge in [-0.1, -0.05) is 11.6 Å². The lowest BCUT2D eigenvalue weighted by molar-refractivity contribution is 1.08. The number of rotatable bonds is 1. The van der Waals surface area contributed by atoms with Crippen molar-refractivity contribution in [3.63, 3.8) is 0 Å². The van der Waals surface area contributed by atoms with Crippen molar-refractivity contribution in [3.8, 4) is 11.8 Å². The van der Waals surface area contributed by atoms with Crippen molar-refractivity contribution >= 4 is 11.6 Å². The number of aromatic nitrogens is 1. The first kappa shape index (κ1) is 8.86. The van der Waals surface area contributed by atoms with Crippen molar-refractivity contribution in [3.05, 3.63) is 53.3 Å². The molecule has 0 spiro atoms. The van der Waals surface area contributed by atoms with E-state index in [1.165, 1.54) is 0 Å². The molecule has 14 heavy (non-hydrogen) atoms. The smallest absolute Gasteiger partial charge is 0.101 e. The molecule has 1 heterocycles. The molecular formula is C11H7ClN2. The van der Waals surface area contributed by atoms with Crippen molar-refractivity contribution in [1.82, 2.24) is 4.57 Å². The average molecular weight is 203 g/mol. The molecule has 0 fully saturated rings. The van der Waals surface area contributed by atoms with Gasteiger partial charge in [0.25, 0.3) is 0 Å². The van der Waals surface area contributed by atoms with Gasteiger partial charge in [-0.25, -0.2) is 0 Å². The van der Waals surface area contributed by atoms with Crippen LogP contribution >= 0.6 is 11.6 Å². The maximum atomic E-state index is 8.70. The van der Waals surface area contributed by atoms with E-state index in [0.29, 0.717) is 10.6 Å². The van der Waals surface area contributed by atoms with Crippen molar-refractivity contribution < 1.29 is 0 Å². The lowest BCUT2D eigenvalue weighted by atomic mass is 10.2. The first-order valence-corrected chi connectivity index (χ1v) is 4.52. The molecule has 0 aliphatic rings. The van der Waals surface area contributed by atoms with Gasteiger partial charge in [0.1, 0.15) is 6.07 Å². The van der Waals surface area contributed by atoms with Crippen LogP contribution in [0.1, 0.15) is 5.56 Å². The van der Waals surface area contributed by atoms with Gasteiger partial charge in [0.2, 0.25) is 0 Å². The number of nitriles is 1. The lowest BCUT2D eigenvalue weighted by Gasteiger charge is -2.03. The molecule has 3 heteroatoms. The summed E-state index contributed by atoms with van der Waals surface area (Å²) in [5, 5.41) is 9.18. The Morgan fingerprint density at radius 1 is 1.21 bits per heavy atom. The molecule has 2 aromatic rings. The SMILES string of the molecule is N#Cc1ccc(-n2cccc2)cc1Cl. The van der Waals surface area contributed by atoms with Crippen LogP contribution in [0.25, 0.3) is 5.69 Å². The van der Waals surface area contributed by atoms with Crippen molar-refractivity contribution in [2.24, 2.45) is 0 Å². The van der Waals surface area contributed by atoms with Crippen LogP contribution in [0.15, 0.2) is 42.7 Å². The summed E-state index contributed by atoms with van der Waals surface area (Å²) < 4.78 is 1.94. The van der Waals surface area contributed by atoms with Crippen molar-refractivity contribution in [1.29, 1.82) is 5.26 Å². The van der Waals surface area contributed by atoms with E-state index in [1.807, 2.05) is 41.2 Å². The molecule has 0 bridgehead atoms. The minimum absolute atomic E-state index is 0.485. The zero-order valence-electron chi connectivity index (χ0n) is 7.31. The minimum atomic E-state index is 0.485. The molecule has 68 valence electrons. The normalized spacial score (nSPS) is 9.71. The molecule has 0 amide bonds. The van der Waals surface area contributed by atoms with E-state index in [2.05, 4.69) is 0 Å². The summed E-state index contributed by atoms with van der Waals surface area (Å²) in [5.41, 5.74) is 1.46. The van der Waals surface area contributed by atoms with Crippen LogP contribution in [0.4, 0.5) is 0 Å². The van der Waals surface area contributed by atoms with E-state index in [0.717, 1.165) is 5.69 Å². The van der Waals surface area contributed by atoms with Crippen molar-refractivity contribution in [2.75, 3.05) is 0 Å². The van der Waals surface area contributed by atoms with Gasteiger partial charge in [-0.3, -0.25) is 0 Å². The third-order valence-corrected chi connectivity index (χ3v) is 2.29. The molecule has 0 unspecified atom stereocenters. The molecule has 0 N–H and O–H groups in total. The fourth-order valence-corrected chi connectivity index (χ4v) is 1.48. The van der Waals surface area contributed by atoms with Crippen LogP contribution in [0.5, 0.6) is 0 Å². The highest BCUT2D eigenvalue weighted by atomic mass is 35.5. The second-order valence-corrected chi connectivity index (χ2v) is 3.27. The Morgan fingerprint density at radius 3 is 2.50 bits per heavy atom. The second kappa shape index (κ2) is 3.57. The third kappa shape index (κ3) is 1.50. The van der Waals surface area contributed by atoms with Crippen LogP contribution < -0.4 is 0 Å². The summed E-state index contributed by atoms with van der Waals surface area (Å²) in [6.45, 7) is 0. The van der Waals surface area contributed by atoms with Crippen molar-refractivity contribution in [2.45, 2.75) is 0 Å². The average Bonchev–Trinajstić information content (AvgIpc) is 2.70. The summed E-state index contributed by atoms with van der Waals surface area (Å²) in [5.74, 6) is 0. The first-order chi connectivity index (χ1) is 6.81. The first-order valence-electron chi connectivity index (χ1n) is 4.14. The molecule has 0 aliphatic heterocycles. The standard InChI is InChI=1S/C11H7ClN2/c12-11-7-10(4-3-9(11)8-13)14-5-1-2-6-14/h1-7H. The highest BCUT2D eigenvalue weighted by molar-refractivity contribution is 6.31. The van der Waals surface area contributed by atoms with E-state index < -0.39 is 0 Å². The highest BCUT2D eigenvalue weighted by Crippen LogP contribution is 2.19.